The molecule has 3 atom stereocenters. The van der Waals surface area contributed by atoms with Gasteiger partial charge >= 0.3 is 0 Å². The van der Waals surface area contributed by atoms with Crippen molar-refractivity contribution in [3.8, 4) is 0 Å². The summed E-state index contributed by atoms with van der Waals surface area (Å²) in [6, 6.07) is 5.65. The van der Waals surface area contributed by atoms with Crippen LogP contribution in [0, 0.1) is 11.7 Å². The van der Waals surface area contributed by atoms with Crippen molar-refractivity contribution in [2.45, 2.75) is 19.0 Å². The van der Waals surface area contributed by atoms with Crippen molar-refractivity contribution in [1.82, 2.24) is 5.32 Å². The number of carbonyl (C=O) groups is 1. The summed E-state index contributed by atoms with van der Waals surface area (Å²) in [6.45, 7) is 2.64. The second-order valence-corrected chi connectivity index (χ2v) is 4.59. The Morgan fingerprint density at radius 1 is 1.44 bits per heavy atom. The summed E-state index contributed by atoms with van der Waals surface area (Å²) >= 11 is 0. The predicted octanol–water partition coefficient (Wildman–Crippen LogP) is 0.977. The predicted molar refractivity (Wildman–Crippen MR) is 65.2 cm³/mol. The van der Waals surface area contributed by atoms with E-state index in [1.165, 1.54) is 12.1 Å². The van der Waals surface area contributed by atoms with Gasteiger partial charge in [-0.25, -0.2) is 4.39 Å². The van der Waals surface area contributed by atoms with Crippen molar-refractivity contribution >= 4 is 5.91 Å². The van der Waals surface area contributed by atoms with Gasteiger partial charge in [-0.2, -0.15) is 0 Å². The molecule has 18 heavy (non-hydrogen) atoms. The van der Waals surface area contributed by atoms with Crippen LogP contribution in [-0.2, 0) is 9.53 Å². The molecule has 1 saturated heterocycles. The fourth-order valence-electron chi connectivity index (χ4n) is 2.00. The van der Waals surface area contributed by atoms with Gasteiger partial charge in [-0.05, 0) is 24.6 Å². The average Bonchev–Trinajstić information content (AvgIpc) is 2.76. The number of ether oxygens (including phenoxy) is 1. The largest absolute Gasteiger partial charge is 0.379 e. The standard InChI is InChI=1S/C13H17FN2O2/c1-8(9-2-4-10(14)5-3-9)16-13(17)11-6-18-7-12(11)15/h2-5,8,11-12H,6-7,15H2,1H3,(H,16,17)/t8-,11?,12?/m0/s1. The van der Waals surface area contributed by atoms with E-state index in [0.29, 0.717) is 13.2 Å². The Labute approximate surface area is 105 Å². The number of nitrogens with one attached hydrogen (secondary N) is 1. The Bertz CT molecular complexity index is 422. The van der Waals surface area contributed by atoms with Crippen molar-refractivity contribution < 1.29 is 13.9 Å². The quantitative estimate of drug-likeness (QED) is 0.842. The molecule has 3 N–H and O–H groups in total. The SMILES string of the molecule is C[C@H](NC(=O)C1COCC1N)c1ccc(F)cc1. The minimum Gasteiger partial charge on any atom is -0.379 e. The molecule has 5 heteroatoms. The molecule has 0 saturated carbocycles. The first-order valence-corrected chi connectivity index (χ1v) is 5.97. The maximum absolute atomic E-state index is 12.8. The van der Waals surface area contributed by atoms with Crippen molar-refractivity contribution in [2.24, 2.45) is 11.7 Å². The molecule has 0 aromatic heterocycles. The van der Waals surface area contributed by atoms with E-state index in [2.05, 4.69) is 5.32 Å². The lowest BCUT2D eigenvalue weighted by Crippen LogP contribution is -2.41. The second kappa shape index (κ2) is 5.46. The number of hydrogen-bond acceptors (Lipinski definition) is 3. The average molecular weight is 252 g/mol. The molecule has 2 rings (SSSR count). The first-order chi connectivity index (χ1) is 8.58. The van der Waals surface area contributed by atoms with Gasteiger partial charge in [0.15, 0.2) is 0 Å². The van der Waals surface area contributed by atoms with Crippen molar-refractivity contribution in [3.63, 3.8) is 0 Å². The molecule has 0 aliphatic carbocycles. The van der Waals surface area contributed by atoms with Crippen molar-refractivity contribution in [2.75, 3.05) is 13.2 Å². The van der Waals surface area contributed by atoms with Crippen LogP contribution in [0.3, 0.4) is 0 Å². The van der Waals surface area contributed by atoms with E-state index < -0.39 is 0 Å². The van der Waals surface area contributed by atoms with Crippen LogP contribution in [0.1, 0.15) is 18.5 Å². The Balaban J connectivity index is 1.96. The molecular weight excluding hydrogens is 235 g/mol. The lowest BCUT2D eigenvalue weighted by molar-refractivity contribution is -0.125. The van der Waals surface area contributed by atoms with Gasteiger partial charge in [-0.1, -0.05) is 12.1 Å². The first kappa shape index (κ1) is 13.0. The van der Waals surface area contributed by atoms with E-state index in [4.69, 9.17) is 10.5 Å². The summed E-state index contributed by atoms with van der Waals surface area (Å²) in [4.78, 5) is 12.0. The lowest BCUT2D eigenvalue weighted by Gasteiger charge is -2.18. The van der Waals surface area contributed by atoms with Gasteiger partial charge in [0.05, 0.1) is 25.2 Å². The maximum atomic E-state index is 12.8. The minimum atomic E-state index is -0.298. The van der Waals surface area contributed by atoms with Gasteiger partial charge < -0.3 is 15.8 Å². The smallest absolute Gasteiger partial charge is 0.227 e. The van der Waals surface area contributed by atoms with Crippen LogP contribution in [-0.4, -0.2) is 25.2 Å². The maximum Gasteiger partial charge on any atom is 0.227 e. The third-order valence-corrected chi connectivity index (χ3v) is 3.19. The molecule has 0 bridgehead atoms. The molecule has 4 nitrogen and oxygen atoms in total. The molecule has 98 valence electrons. The van der Waals surface area contributed by atoms with E-state index in [9.17, 15) is 9.18 Å². The van der Waals surface area contributed by atoms with Gasteiger partial charge in [-0.15, -0.1) is 0 Å². The van der Waals surface area contributed by atoms with Crippen molar-refractivity contribution in [3.05, 3.63) is 35.6 Å². The number of benzene rings is 1. The zero-order chi connectivity index (χ0) is 13.1. The van der Waals surface area contributed by atoms with E-state index >= 15 is 0 Å². The Kier molecular flexibility index (Phi) is 3.93. The van der Waals surface area contributed by atoms with Gasteiger partial charge in [0.25, 0.3) is 0 Å². The first-order valence-electron chi connectivity index (χ1n) is 5.97. The molecule has 1 aromatic rings. The molecular formula is C13H17FN2O2. The van der Waals surface area contributed by atoms with Crippen LogP contribution in [0.2, 0.25) is 0 Å². The minimum absolute atomic E-state index is 0.114. The Morgan fingerprint density at radius 3 is 2.67 bits per heavy atom. The summed E-state index contributed by atoms with van der Waals surface area (Å²) in [6.07, 6.45) is 0. The third kappa shape index (κ3) is 2.86. The summed E-state index contributed by atoms with van der Waals surface area (Å²) < 4.78 is 17.9. The second-order valence-electron chi connectivity index (χ2n) is 4.59. The summed E-state index contributed by atoms with van der Waals surface area (Å²) in [5.74, 6) is -0.701. The highest BCUT2D eigenvalue weighted by Crippen LogP contribution is 2.16. The molecule has 1 aromatic carbocycles. The van der Waals surface area contributed by atoms with Crippen LogP contribution in [0.4, 0.5) is 4.39 Å². The highest BCUT2D eigenvalue weighted by Gasteiger charge is 2.31. The Hall–Kier alpha value is -1.46. The van der Waals surface area contributed by atoms with E-state index in [1.54, 1.807) is 12.1 Å². The number of halogens is 1. The highest BCUT2D eigenvalue weighted by atomic mass is 19.1. The zero-order valence-electron chi connectivity index (χ0n) is 10.2. The molecule has 1 fully saturated rings. The zero-order valence-corrected chi connectivity index (χ0v) is 10.2. The van der Waals surface area contributed by atoms with Gasteiger partial charge in [0, 0.05) is 6.04 Å². The summed E-state index contributed by atoms with van der Waals surface area (Å²) in [5.41, 5.74) is 6.64. The molecule has 1 amide bonds. The van der Waals surface area contributed by atoms with Crippen LogP contribution < -0.4 is 11.1 Å². The topological polar surface area (TPSA) is 64.3 Å². The van der Waals surface area contributed by atoms with Gasteiger partial charge in [0.2, 0.25) is 5.91 Å². The lowest BCUT2D eigenvalue weighted by atomic mass is 10.0. The van der Waals surface area contributed by atoms with Gasteiger partial charge in [-0.3, -0.25) is 4.79 Å². The van der Waals surface area contributed by atoms with Crippen molar-refractivity contribution in [1.29, 1.82) is 0 Å². The van der Waals surface area contributed by atoms with Crippen LogP contribution in [0.5, 0.6) is 0 Å². The van der Waals surface area contributed by atoms with Crippen LogP contribution in [0.25, 0.3) is 0 Å². The van der Waals surface area contributed by atoms with Gasteiger partial charge in [0.1, 0.15) is 5.82 Å². The molecule has 0 spiro atoms. The molecule has 2 unspecified atom stereocenters. The van der Waals surface area contributed by atoms with Crippen LogP contribution in [0.15, 0.2) is 24.3 Å². The van der Waals surface area contributed by atoms with E-state index in [-0.39, 0.29) is 29.7 Å². The van der Waals surface area contributed by atoms with Crippen LogP contribution >= 0.6 is 0 Å². The molecule has 0 radical (unpaired) electrons. The number of hydrogen-bond donors (Lipinski definition) is 2. The number of carbonyl (C=O) groups excluding carboxylic acids is 1. The normalized spacial score (nSPS) is 24.8. The molecule has 1 heterocycles. The van der Waals surface area contributed by atoms with E-state index in [1.807, 2.05) is 6.92 Å². The summed E-state index contributed by atoms with van der Waals surface area (Å²) in [7, 11) is 0. The number of rotatable bonds is 3. The number of amides is 1. The summed E-state index contributed by atoms with van der Waals surface area (Å²) in [5, 5.41) is 2.87. The van der Waals surface area contributed by atoms with E-state index in [0.717, 1.165) is 5.56 Å². The molecule has 1 aliphatic rings. The molecule has 1 aliphatic heterocycles. The number of nitrogens with two attached hydrogens (primary N) is 1. The monoisotopic (exact) mass is 252 g/mol. The highest BCUT2D eigenvalue weighted by molar-refractivity contribution is 5.80. The fraction of sp³-hybridized carbons (Fsp3) is 0.462. The Morgan fingerprint density at radius 2 is 2.11 bits per heavy atom. The third-order valence-electron chi connectivity index (χ3n) is 3.19. The fourth-order valence-corrected chi connectivity index (χ4v) is 2.00.